The molecule has 4 rings (SSSR count). The van der Waals surface area contributed by atoms with Crippen molar-refractivity contribution in [1.29, 1.82) is 0 Å². The Bertz CT molecular complexity index is 1100. The van der Waals surface area contributed by atoms with E-state index in [2.05, 4.69) is 22.5 Å². The first-order valence-corrected chi connectivity index (χ1v) is 9.95. The maximum atomic E-state index is 13.1. The number of fused-ring (bicyclic) bond motifs is 1. The topological polar surface area (TPSA) is 46.9 Å². The second kappa shape index (κ2) is 7.94. The van der Waals surface area contributed by atoms with Gasteiger partial charge in [-0.15, -0.1) is 11.3 Å². The highest BCUT2D eigenvalue weighted by Gasteiger charge is 2.16. The molecule has 2 aromatic heterocycles. The number of carbonyl (C=O) groups is 1. The van der Waals surface area contributed by atoms with Crippen LogP contribution in [0.1, 0.15) is 26.5 Å². The lowest BCUT2D eigenvalue weighted by atomic mass is 10.1. The zero-order chi connectivity index (χ0) is 19.5. The maximum absolute atomic E-state index is 13.1. The molecule has 0 aliphatic carbocycles. The highest BCUT2D eigenvalue weighted by atomic mass is 32.1. The minimum Gasteiger partial charge on any atom is -0.351 e. The Morgan fingerprint density at radius 2 is 1.86 bits per heavy atom. The summed E-state index contributed by atoms with van der Waals surface area (Å²) in [6.07, 6.45) is 0.800. The Hall–Kier alpha value is -2.99. The SMILES string of the molecule is Cc1nn(Cc2ccc(F)cc2)c2sc(C(=O)NCCc3ccccc3)cc12. The molecule has 0 aliphatic rings. The second-order valence-electron chi connectivity index (χ2n) is 6.69. The van der Waals surface area contributed by atoms with E-state index in [9.17, 15) is 9.18 Å². The standard InChI is InChI=1S/C22H20FN3OS/c1-15-19-13-20(21(27)24-12-11-16-5-3-2-4-6-16)28-22(19)26(25-15)14-17-7-9-18(23)10-8-17/h2-10,13H,11-12,14H2,1H3,(H,24,27). The lowest BCUT2D eigenvalue weighted by molar-refractivity contribution is 0.0958. The van der Waals surface area contributed by atoms with E-state index in [4.69, 9.17) is 0 Å². The summed E-state index contributed by atoms with van der Waals surface area (Å²) in [4.78, 5) is 14.2. The van der Waals surface area contributed by atoms with E-state index >= 15 is 0 Å². The number of hydrogen-bond acceptors (Lipinski definition) is 3. The molecule has 0 spiro atoms. The zero-order valence-electron chi connectivity index (χ0n) is 15.5. The van der Waals surface area contributed by atoms with Crippen LogP contribution in [0.25, 0.3) is 10.2 Å². The molecule has 0 saturated carbocycles. The van der Waals surface area contributed by atoms with Gasteiger partial charge in [0, 0.05) is 11.9 Å². The van der Waals surface area contributed by atoms with Crippen LogP contribution in [0.2, 0.25) is 0 Å². The first kappa shape index (κ1) is 18.4. The lowest BCUT2D eigenvalue weighted by Crippen LogP contribution is -2.24. The van der Waals surface area contributed by atoms with E-state index < -0.39 is 0 Å². The summed E-state index contributed by atoms with van der Waals surface area (Å²) >= 11 is 1.44. The molecule has 4 nitrogen and oxygen atoms in total. The summed E-state index contributed by atoms with van der Waals surface area (Å²) in [7, 11) is 0. The third-order valence-electron chi connectivity index (χ3n) is 4.62. The predicted molar refractivity (Wildman–Crippen MR) is 110 cm³/mol. The Morgan fingerprint density at radius 3 is 2.61 bits per heavy atom. The number of carbonyl (C=O) groups excluding carboxylic acids is 1. The summed E-state index contributed by atoms with van der Waals surface area (Å²) in [5.41, 5.74) is 3.05. The molecule has 0 fully saturated rings. The summed E-state index contributed by atoms with van der Waals surface area (Å²) < 4.78 is 15.0. The molecule has 2 aromatic carbocycles. The number of hydrogen-bond donors (Lipinski definition) is 1. The monoisotopic (exact) mass is 393 g/mol. The van der Waals surface area contributed by atoms with E-state index in [1.165, 1.54) is 29.0 Å². The number of aromatic nitrogens is 2. The molecule has 6 heteroatoms. The molecule has 0 radical (unpaired) electrons. The molecular weight excluding hydrogens is 373 g/mol. The molecule has 142 valence electrons. The van der Waals surface area contributed by atoms with Crippen molar-refractivity contribution in [3.05, 3.63) is 88.2 Å². The van der Waals surface area contributed by atoms with Gasteiger partial charge in [-0.1, -0.05) is 42.5 Å². The van der Waals surface area contributed by atoms with Gasteiger partial charge >= 0.3 is 0 Å². The molecule has 0 saturated heterocycles. The molecule has 4 aromatic rings. The van der Waals surface area contributed by atoms with E-state index in [0.29, 0.717) is 18.0 Å². The van der Waals surface area contributed by atoms with Crippen molar-refractivity contribution in [1.82, 2.24) is 15.1 Å². The van der Waals surface area contributed by atoms with Crippen LogP contribution in [0.5, 0.6) is 0 Å². The Morgan fingerprint density at radius 1 is 1.11 bits per heavy atom. The van der Waals surface area contributed by atoms with Crippen LogP contribution in [0.15, 0.2) is 60.7 Å². The van der Waals surface area contributed by atoms with Gasteiger partial charge < -0.3 is 5.32 Å². The fraction of sp³-hybridized carbons (Fsp3) is 0.182. The van der Waals surface area contributed by atoms with Crippen molar-refractivity contribution in [2.75, 3.05) is 6.54 Å². The Labute approximate surface area is 166 Å². The number of benzene rings is 2. The van der Waals surface area contributed by atoms with E-state index in [0.717, 1.165) is 27.9 Å². The van der Waals surface area contributed by atoms with Crippen molar-refractivity contribution >= 4 is 27.5 Å². The van der Waals surface area contributed by atoms with Gasteiger partial charge in [0.05, 0.1) is 17.1 Å². The largest absolute Gasteiger partial charge is 0.351 e. The average molecular weight is 393 g/mol. The smallest absolute Gasteiger partial charge is 0.261 e. The quantitative estimate of drug-likeness (QED) is 0.522. The summed E-state index contributed by atoms with van der Waals surface area (Å²) in [5, 5.41) is 8.55. The third-order valence-corrected chi connectivity index (χ3v) is 5.77. The Balaban J connectivity index is 1.47. The maximum Gasteiger partial charge on any atom is 0.261 e. The van der Waals surface area contributed by atoms with Gasteiger partial charge in [0.25, 0.3) is 5.91 Å². The van der Waals surface area contributed by atoms with Gasteiger partial charge in [-0.25, -0.2) is 4.39 Å². The molecule has 0 atom stereocenters. The molecule has 2 heterocycles. The van der Waals surface area contributed by atoms with Crippen LogP contribution in [0.4, 0.5) is 4.39 Å². The third kappa shape index (κ3) is 3.97. The summed E-state index contributed by atoms with van der Waals surface area (Å²) in [6, 6.07) is 18.4. The van der Waals surface area contributed by atoms with Crippen LogP contribution in [-0.4, -0.2) is 22.2 Å². The molecular formula is C22H20FN3OS. The van der Waals surface area contributed by atoms with Crippen molar-refractivity contribution in [3.8, 4) is 0 Å². The predicted octanol–water partition coefficient (Wildman–Crippen LogP) is 4.57. The highest BCUT2D eigenvalue weighted by molar-refractivity contribution is 7.20. The molecule has 0 aliphatic heterocycles. The number of nitrogens with one attached hydrogen (secondary N) is 1. The second-order valence-corrected chi connectivity index (χ2v) is 7.72. The number of rotatable bonds is 6. The summed E-state index contributed by atoms with van der Waals surface area (Å²) in [6.45, 7) is 3.07. The fourth-order valence-electron chi connectivity index (χ4n) is 3.15. The number of nitrogens with zero attached hydrogens (tertiary/aromatic N) is 2. The number of amides is 1. The first-order chi connectivity index (χ1) is 13.6. The zero-order valence-corrected chi connectivity index (χ0v) is 16.3. The van der Waals surface area contributed by atoms with Gasteiger partial charge in [0.1, 0.15) is 10.6 Å². The van der Waals surface area contributed by atoms with Gasteiger partial charge in [-0.2, -0.15) is 5.10 Å². The van der Waals surface area contributed by atoms with Crippen molar-refractivity contribution in [2.24, 2.45) is 0 Å². The highest BCUT2D eigenvalue weighted by Crippen LogP contribution is 2.28. The molecule has 0 bridgehead atoms. The van der Waals surface area contributed by atoms with Gasteiger partial charge in [0.2, 0.25) is 0 Å². The van der Waals surface area contributed by atoms with Crippen LogP contribution < -0.4 is 5.32 Å². The van der Waals surface area contributed by atoms with Crippen molar-refractivity contribution < 1.29 is 9.18 Å². The molecule has 1 N–H and O–H groups in total. The number of aryl methyl sites for hydroxylation is 1. The first-order valence-electron chi connectivity index (χ1n) is 9.13. The van der Waals surface area contributed by atoms with E-state index in [-0.39, 0.29) is 11.7 Å². The average Bonchev–Trinajstić information content (AvgIpc) is 3.26. The van der Waals surface area contributed by atoms with E-state index in [1.807, 2.05) is 35.9 Å². The normalized spacial score (nSPS) is 11.1. The van der Waals surface area contributed by atoms with Crippen LogP contribution in [0, 0.1) is 12.7 Å². The Kier molecular flexibility index (Phi) is 5.21. The van der Waals surface area contributed by atoms with Gasteiger partial charge in [0.15, 0.2) is 0 Å². The van der Waals surface area contributed by atoms with Crippen molar-refractivity contribution in [2.45, 2.75) is 19.9 Å². The number of halogens is 1. The van der Waals surface area contributed by atoms with Crippen LogP contribution in [-0.2, 0) is 13.0 Å². The molecule has 1 amide bonds. The van der Waals surface area contributed by atoms with Gasteiger partial charge in [-0.3, -0.25) is 9.48 Å². The van der Waals surface area contributed by atoms with E-state index in [1.54, 1.807) is 12.1 Å². The number of thiophene rings is 1. The van der Waals surface area contributed by atoms with Crippen LogP contribution >= 0.6 is 11.3 Å². The lowest BCUT2D eigenvalue weighted by Gasteiger charge is -2.04. The summed E-state index contributed by atoms with van der Waals surface area (Å²) in [5.74, 6) is -0.319. The minimum atomic E-state index is -0.254. The van der Waals surface area contributed by atoms with Crippen LogP contribution in [0.3, 0.4) is 0 Å². The minimum absolute atomic E-state index is 0.0649. The van der Waals surface area contributed by atoms with Crippen molar-refractivity contribution in [3.63, 3.8) is 0 Å². The van der Waals surface area contributed by atoms with Gasteiger partial charge in [-0.05, 0) is 42.7 Å². The fourth-order valence-corrected chi connectivity index (χ4v) is 4.22. The molecule has 0 unspecified atom stereocenters. The molecule has 28 heavy (non-hydrogen) atoms.